The zero-order valence-corrected chi connectivity index (χ0v) is 9.21. The molecule has 2 nitrogen and oxygen atoms in total. The molecule has 0 fully saturated rings. The van der Waals surface area contributed by atoms with Crippen LogP contribution in [-0.4, -0.2) is 13.2 Å². The summed E-state index contributed by atoms with van der Waals surface area (Å²) in [7, 11) is 0. The van der Waals surface area contributed by atoms with Crippen LogP contribution in [-0.2, 0) is 9.47 Å². The highest BCUT2D eigenvalue weighted by Crippen LogP contribution is 2.11. The van der Waals surface area contributed by atoms with Gasteiger partial charge >= 0.3 is 0 Å². The van der Waals surface area contributed by atoms with Crippen molar-refractivity contribution in [2.75, 3.05) is 13.2 Å². The summed E-state index contributed by atoms with van der Waals surface area (Å²) in [5.74, 6) is 0.456. The Hall–Kier alpha value is -0.920. The van der Waals surface area contributed by atoms with E-state index in [1.165, 1.54) is 31.8 Å². The summed E-state index contributed by atoms with van der Waals surface area (Å²) in [6.07, 6.45) is 7.88. The molecule has 0 aromatic carbocycles. The van der Waals surface area contributed by atoms with Crippen molar-refractivity contribution in [2.24, 2.45) is 5.92 Å². The molecule has 0 bridgehead atoms. The lowest BCUT2D eigenvalue weighted by atomic mass is 10.0. The minimum atomic E-state index is 0.456. The molecule has 0 radical (unpaired) electrons. The summed E-state index contributed by atoms with van der Waals surface area (Å²) < 4.78 is 10.3. The molecule has 0 heterocycles. The van der Waals surface area contributed by atoms with Gasteiger partial charge in [-0.25, -0.2) is 0 Å². The van der Waals surface area contributed by atoms with E-state index in [1.807, 2.05) is 0 Å². The maximum atomic E-state index is 5.17. The minimum absolute atomic E-state index is 0.456. The summed E-state index contributed by atoms with van der Waals surface area (Å²) >= 11 is 0. The second-order valence-electron chi connectivity index (χ2n) is 3.36. The Bertz CT molecular complexity index is 131. The van der Waals surface area contributed by atoms with Crippen molar-refractivity contribution in [2.45, 2.75) is 32.6 Å². The largest absolute Gasteiger partial charge is 0.501 e. The van der Waals surface area contributed by atoms with E-state index in [0.717, 1.165) is 6.42 Å². The molecule has 0 spiro atoms. The smallest absolute Gasteiger partial charge is 0.0933 e. The van der Waals surface area contributed by atoms with Gasteiger partial charge in [-0.05, 0) is 6.42 Å². The summed E-state index contributed by atoms with van der Waals surface area (Å²) in [4.78, 5) is 0. The maximum Gasteiger partial charge on any atom is 0.0933 e. The van der Waals surface area contributed by atoms with E-state index in [1.54, 1.807) is 0 Å². The van der Waals surface area contributed by atoms with Crippen molar-refractivity contribution >= 4 is 0 Å². The van der Waals surface area contributed by atoms with E-state index in [-0.39, 0.29) is 0 Å². The van der Waals surface area contributed by atoms with E-state index in [4.69, 9.17) is 9.47 Å². The summed E-state index contributed by atoms with van der Waals surface area (Å²) in [5.41, 5.74) is 0. The molecule has 0 unspecified atom stereocenters. The first-order chi connectivity index (χ1) is 6.85. The lowest BCUT2D eigenvalue weighted by Crippen LogP contribution is -2.13. The van der Waals surface area contributed by atoms with Crippen LogP contribution in [0, 0.1) is 5.92 Å². The highest BCUT2D eigenvalue weighted by Gasteiger charge is 2.08. The molecule has 0 amide bonds. The quantitative estimate of drug-likeness (QED) is 0.395. The van der Waals surface area contributed by atoms with Gasteiger partial charge in [0.15, 0.2) is 0 Å². The Morgan fingerprint density at radius 3 is 2.07 bits per heavy atom. The predicted octanol–water partition coefficient (Wildman–Crippen LogP) is 3.50. The molecule has 0 saturated carbocycles. The van der Waals surface area contributed by atoms with E-state index in [9.17, 15) is 0 Å². The molecule has 0 rings (SSSR count). The topological polar surface area (TPSA) is 18.5 Å². The van der Waals surface area contributed by atoms with Gasteiger partial charge in [-0.2, -0.15) is 0 Å². The van der Waals surface area contributed by atoms with Crippen molar-refractivity contribution in [3.63, 3.8) is 0 Å². The molecule has 0 saturated heterocycles. The van der Waals surface area contributed by atoms with Gasteiger partial charge < -0.3 is 9.47 Å². The third-order valence-electron chi connectivity index (χ3n) is 2.12. The predicted molar refractivity (Wildman–Crippen MR) is 59.9 cm³/mol. The molecule has 0 aliphatic heterocycles. The molecule has 0 aliphatic rings. The lowest BCUT2D eigenvalue weighted by Gasteiger charge is -2.15. The summed E-state index contributed by atoms with van der Waals surface area (Å²) in [6.45, 7) is 10.6. The third kappa shape index (κ3) is 7.71. The highest BCUT2D eigenvalue weighted by atomic mass is 16.5. The zero-order chi connectivity index (χ0) is 10.6. The van der Waals surface area contributed by atoms with Gasteiger partial charge in [0, 0.05) is 5.92 Å². The van der Waals surface area contributed by atoms with Crippen LogP contribution in [0.25, 0.3) is 0 Å². The monoisotopic (exact) mass is 198 g/mol. The van der Waals surface area contributed by atoms with Gasteiger partial charge in [-0.3, -0.25) is 0 Å². The Morgan fingerprint density at radius 2 is 1.64 bits per heavy atom. The first-order valence-electron chi connectivity index (χ1n) is 5.30. The average molecular weight is 198 g/mol. The van der Waals surface area contributed by atoms with Gasteiger partial charge in [0.2, 0.25) is 0 Å². The molecular weight excluding hydrogens is 176 g/mol. The third-order valence-corrected chi connectivity index (χ3v) is 2.12. The molecule has 2 heteroatoms. The number of hydrogen-bond donors (Lipinski definition) is 0. The normalized spacial score (nSPS) is 9.86. The SMILES string of the molecule is C=COCC(CCCCC)COC=C. The minimum Gasteiger partial charge on any atom is -0.501 e. The van der Waals surface area contributed by atoms with Crippen LogP contribution in [0.15, 0.2) is 25.7 Å². The van der Waals surface area contributed by atoms with Crippen molar-refractivity contribution in [3.8, 4) is 0 Å². The summed E-state index contributed by atoms with van der Waals surface area (Å²) in [6, 6.07) is 0. The Labute approximate surface area is 87.6 Å². The number of ether oxygens (including phenoxy) is 2. The van der Waals surface area contributed by atoms with Gasteiger partial charge in [0.05, 0.1) is 25.7 Å². The molecule has 0 N–H and O–H groups in total. The van der Waals surface area contributed by atoms with Crippen molar-refractivity contribution in [1.82, 2.24) is 0 Å². The molecule has 0 aliphatic carbocycles. The molecular formula is C12H22O2. The van der Waals surface area contributed by atoms with E-state index in [2.05, 4.69) is 20.1 Å². The van der Waals surface area contributed by atoms with Crippen LogP contribution in [0.3, 0.4) is 0 Å². The second-order valence-corrected chi connectivity index (χ2v) is 3.36. The van der Waals surface area contributed by atoms with Crippen LogP contribution in [0.2, 0.25) is 0 Å². The van der Waals surface area contributed by atoms with Gasteiger partial charge in [-0.15, -0.1) is 0 Å². The molecule has 0 aromatic rings. The van der Waals surface area contributed by atoms with E-state index >= 15 is 0 Å². The molecule has 0 atom stereocenters. The van der Waals surface area contributed by atoms with Crippen molar-refractivity contribution in [3.05, 3.63) is 25.7 Å². The fourth-order valence-corrected chi connectivity index (χ4v) is 1.31. The molecule has 14 heavy (non-hydrogen) atoms. The number of unbranched alkanes of at least 4 members (excludes halogenated alkanes) is 2. The van der Waals surface area contributed by atoms with Crippen LogP contribution < -0.4 is 0 Å². The first kappa shape index (κ1) is 13.1. The van der Waals surface area contributed by atoms with E-state index < -0.39 is 0 Å². The Kier molecular flexibility index (Phi) is 9.49. The van der Waals surface area contributed by atoms with Crippen LogP contribution >= 0.6 is 0 Å². The standard InChI is InChI=1S/C12H22O2/c1-4-7-8-9-12(10-13-5-2)11-14-6-3/h5-6,12H,2-4,7-11H2,1H3. The van der Waals surface area contributed by atoms with Crippen LogP contribution in [0.5, 0.6) is 0 Å². The second kappa shape index (κ2) is 10.2. The van der Waals surface area contributed by atoms with Crippen LogP contribution in [0.4, 0.5) is 0 Å². The Balaban J connectivity index is 3.59. The highest BCUT2D eigenvalue weighted by molar-refractivity contribution is 4.62. The lowest BCUT2D eigenvalue weighted by molar-refractivity contribution is 0.117. The van der Waals surface area contributed by atoms with Crippen LogP contribution in [0.1, 0.15) is 32.6 Å². The van der Waals surface area contributed by atoms with E-state index in [0.29, 0.717) is 19.1 Å². The van der Waals surface area contributed by atoms with Crippen molar-refractivity contribution in [1.29, 1.82) is 0 Å². The number of hydrogen-bond acceptors (Lipinski definition) is 2. The van der Waals surface area contributed by atoms with Crippen molar-refractivity contribution < 1.29 is 9.47 Å². The average Bonchev–Trinajstić information content (AvgIpc) is 2.21. The van der Waals surface area contributed by atoms with Gasteiger partial charge in [0.1, 0.15) is 0 Å². The maximum absolute atomic E-state index is 5.17. The Morgan fingerprint density at radius 1 is 1.07 bits per heavy atom. The fraction of sp³-hybridized carbons (Fsp3) is 0.667. The number of rotatable bonds is 10. The van der Waals surface area contributed by atoms with Gasteiger partial charge in [-0.1, -0.05) is 39.3 Å². The first-order valence-corrected chi connectivity index (χ1v) is 5.30. The molecule has 82 valence electrons. The van der Waals surface area contributed by atoms with Gasteiger partial charge in [0.25, 0.3) is 0 Å². The fourth-order valence-electron chi connectivity index (χ4n) is 1.31. The molecule has 0 aromatic heterocycles. The zero-order valence-electron chi connectivity index (χ0n) is 9.21. The summed E-state index contributed by atoms with van der Waals surface area (Å²) in [5, 5.41) is 0.